The number of carbonyl (C=O) groups excluding carboxylic acids is 1. The highest BCUT2D eigenvalue weighted by Crippen LogP contribution is 2.36. The van der Waals surface area contributed by atoms with Gasteiger partial charge in [0.05, 0.1) is 31.6 Å². The van der Waals surface area contributed by atoms with Gasteiger partial charge in [-0.05, 0) is 31.9 Å². The molecule has 0 bridgehead atoms. The first-order valence-electron chi connectivity index (χ1n) is 8.49. The maximum atomic E-state index is 12.6. The Morgan fingerprint density at radius 2 is 2.33 bits per heavy atom. The van der Waals surface area contributed by atoms with Crippen LogP contribution in [0.3, 0.4) is 0 Å². The van der Waals surface area contributed by atoms with Crippen LogP contribution < -0.4 is 10.1 Å². The van der Waals surface area contributed by atoms with E-state index in [0.29, 0.717) is 30.7 Å². The van der Waals surface area contributed by atoms with Crippen molar-refractivity contribution < 1.29 is 14.3 Å². The molecule has 0 spiro atoms. The zero-order valence-corrected chi connectivity index (χ0v) is 13.7. The molecule has 3 heterocycles. The van der Waals surface area contributed by atoms with Gasteiger partial charge in [0.2, 0.25) is 0 Å². The van der Waals surface area contributed by atoms with Gasteiger partial charge in [-0.1, -0.05) is 0 Å². The van der Waals surface area contributed by atoms with E-state index in [-0.39, 0.29) is 18.1 Å². The summed E-state index contributed by atoms with van der Waals surface area (Å²) in [6.45, 7) is 3.74. The Kier molecular flexibility index (Phi) is 4.02. The molecule has 2 aromatic heterocycles. The van der Waals surface area contributed by atoms with Crippen molar-refractivity contribution in [2.24, 2.45) is 0 Å². The zero-order chi connectivity index (χ0) is 16.5. The Hall–Kier alpha value is -2.28. The Balaban J connectivity index is 1.41. The van der Waals surface area contributed by atoms with E-state index in [1.807, 2.05) is 31.5 Å². The summed E-state index contributed by atoms with van der Waals surface area (Å²) in [5.41, 5.74) is 0.710. The van der Waals surface area contributed by atoms with E-state index < -0.39 is 0 Å². The quantitative estimate of drug-likeness (QED) is 0.874. The maximum Gasteiger partial charge on any atom is 0.268 e. The number of hydrogen-bond acceptors (Lipinski definition) is 4. The van der Waals surface area contributed by atoms with Crippen LogP contribution in [0.1, 0.15) is 36.3 Å². The lowest BCUT2D eigenvalue weighted by Gasteiger charge is -2.20. The number of aromatic nitrogens is 3. The van der Waals surface area contributed by atoms with E-state index in [4.69, 9.17) is 9.47 Å². The summed E-state index contributed by atoms with van der Waals surface area (Å²) in [5.74, 6) is 0.633. The van der Waals surface area contributed by atoms with Crippen LogP contribution in [0.5, 0.6) is 5.75 Å². The fourth-order valence-corrected chi connectivity index (χ4v) is 3.04. The molecule has 7 nitrogen and oxygen atoms in total. The smallest absolute Gasteiger partial charge is 0.268 e. The molecule has 0 aromatic carbocycles. The van der Waals surface area contributed by atoms with Crippen molar-refractivity contribution in [2.45, 2.75) is 44.5 Å². The molecule has 24 heavy (non-hydrogen) atoms. The third-order valence-electron chi connectivity index (χ3n) is 4.52. The van der Waals surface area contributed by atoms with Gasteiger partial charge in [-0.2, -0.15) is 5.10 Å². The molecule has 4 rings (SSSR count). The lowest BCUT2D eigenvalue weighted by atomic mass is 10.2. The summed E-state index contributed by atoms with van der Waals surface area (Å²) in [4.78, 5) is 12.6. The third kappa shape index (κ3) is 3.03. The number of rotatable bonds is 6. The van der Waals surface area contributed by atoms with Gasteiger partial charge in [0.25, 0.3) is 5.91 Å². The van der Waals surface area contributed by atoms with Crippen molar-refractivity contribution in [2.75, 3.05) is 13.2 Å². The first-order valence-corrected chi connectivity index (χ1v) is 8.49. The van der Waals surface area contributed by atoms with Gasteiger partial charge < -0.3 is 19.4 Å². The molecule has 2 aromatic rings. The van der Waals surface area contributed by atoms with Gasteiger partial charge in [-0.3, -0.25) is 9.48 Å². The van der Waals surface area contributed by atoms with Crippen LogP contribution in [0, 0.1) is 0 Å². The monoisotopic (exact) mass is 330 g/mol. The number of amides is 1. The Bertz CT molecular complexity index is 719. The maximum absolute atomic E-state index is 12.6. The first-order chi connectivity index (χ1) is 11.7. The molecule has 7 heteroatoms. The SMILES string of the molecule is CCn1cc(O[C@@H]2COC[C@@H]2NC(=O)c2cccn2C2CC2)cn1. The Morgan fingerprint density at radius 1 is 1.46 bits per heavy atom. The molecular formula is C17H22N4O3. The summed E-state index contributed by atoms with van der Waals surface area (Å²) >= 11 is 0. The molecule has 1 amide bonds. The Morgan fingerprint density at radius 3 is 3.08 bits per heavy atom. The molecule has 128 valence electrons. The molecule has 1 aliphatic heterocycles. The number of nitrogens with one attached hydrogen (secondary N) is 1. The molecule has 1 saturated carbocycles. The second-order valence-electron chi connectivity index (χ2n) is 6.34. The van der Waals surface area contributed by atoms with Crippen molar-refractivity contribution >= 4 is 5.91 Å². The summed E-state index contributed by atoms with van der Waals surface area (Å²) in [5, 5.41) is 7.26. The van der Waals surface area contributed by atoms with E-state index in [9.17, 15) is 4.79 Å². The van der Waals surface area contributed by atoms with Gasteiger partial charge in [0.1, 0.15) is 11.8 Å². The van der Waals surface area contributed by atoms with Crippen molar-refractivity contribution in [3.05, 3.63) is 36.4 Å². The minimum atomic E-state index is -0.201. The highest BCUT2D eigenvalue weighted by atomic mass is 16.5. The van der Waals surface area contributed by atoms with E-state index in [0.717, 1.165) is 19.4 Å². The minimum absolute atomic E-state index is 0.0692. The molecule has 0 unspecified atom stereocenters. The minimum Gasteiger partial charge on any atom is -0.482 e. The van der Waals surface area contributed by atoms with Crippen LogP contribution in [0.2, 0.25) is 0 Å². The summed E-state index contributed by atoms with van der Waals surface area (Å²) < 4.78 is 15.3. The van der Waals surface area contributed by atoms with E-state index >= 15 is 0 Å². The van der Waals surface area contributed by atoms with E-state index in [2.05, 4.69) is 15.0 Å². The van der Waals surface area contributed by atoms with Crippen LogP contribution in [-0.2, 0) is 11.3 Å². The molecule has 0 radical (unpaired) electrons. The van der Waals surface area contributed by atoms with Crippen molar-refractivity contribution in [1.82, 2.24) is 19.7 Å². The van der Waals surface area contributed by atoms with Crippen molar-refractivity contribution in [1.29, 1.82) is 0 Å². The van der Waals surface area contributed by atoms with Crippen LogP contribution >= 0.6 is 0 Å². The number of aryl methyl sites for hydroxylation is 1. The van der Waals surface area contributed by atoms with Gasteiger partial charge in [0, 0.05) is 18.8 Å². The second kappa shape index (κ2) is 6.32. The molecule has 1 N–H and O–H groups in total. The topological polar surface area (TPSA) is 70.3 Å². The first kappa shape index (κ1) is 15.3. The average molecular weight is 330 g/mol. The van der Waals surface area contributed by atoms with E-state index in [1.54, 1.807) is 10.9 Å². The highest BCUT2D eigenvalue weighted by molar-refractivity contribution is 5.93. The van der Waals surface area contributed by atoms with Crippen molar-refractivity contribution in [3.8, 4) is 5.75 Å². The van der Waals surface area contributed by atoms with Gasteiger partial charge in [0.15, 0.2) is 5.75 Å². The van der Waals surface area contributed by atoms with Gasteiger partial charge >= 0.3 is 0 Å². The Labute approximate surface area is 140 Å². The molecule has 2 aliphatic rings. The van der Waals surface area contributed by atoms with E-state index in [1.165, 1.54) is 0 Å². The van der Waals surface area contributed by atoms with Crippen LogP contribution in [0.15, 0.2) is 30.7 Å². The molecule has 2 atom stereocenters. The van der Waals surface area contributed by atoms with Crippen LogP contribution in [0.4, 0.5) is 0 Å². The lowest BCUT2D eigenvalue weighted by molar-refractivity contribution is 0.0894. The standard InChI is InChI=1S/C17H22N4O3/c1-2-20-9-13(8-18-20)24-16-11-23-10-14(16)19-17(22)15-4-3-7-21(15)12-5-6-12/h3-4,7-9,12,14,16H,2,5-6,10-11H2,1H3,(H,19,22)/t14-,16+/m0/s1. The fourth-order valence-electron chi connectivity index (χ4n) is 3.04. The zero-order valence-electron chi connectivity index (χ0n) is 13.7. The normalized spacial score (nSPS) is 23.4. The van der Waals surface area contributed by atoms with Crippen LogP contribution in [0.25, 0.3) is 0 Å². The fraction of sp³-hybridized carbons (Fsp3) is 0.529. The largest absolute Gasteiger partial charge is 0.482 e. The molecule has 2 fully saturated rings. The molecule has 1 aliphatic carbocycles. The average Bonchev–Trinajstić information content (AvgIpc) is 3.01. The summed E-state index contributed by atoms with van der Waals surface area (Å²) in [6.07, 6.45) is 7.62. The van der Waals surface area contributed by atoms with Gasteiger partial charge in [-0.15, -0.1) is 0 Å². The number of ether oxygens (including phenoxy) is 2. The third-order valence-corrected chi connectivity index (χ3v) is 4.52. The summed E-state index contributed by atoms with van der Waals surface area (Å²) in [7, 11) is 0. The molecule has 1 saturated heterocycles. The number of carbonyl (C=O) groups is 1. The number of nitrogens with zero attached hydrogens (tertiary/aromatic N) is 3. The highest BCUT2D eigenvalue weighted by Gasteiger charge is 2.33. The number of hydrogen-bond donors (Lipinski definition) is 1. The predicted octanol–water partition coefficient (Wildman–Crippen LogP) is 1.62. The second-order valence-corrected chi connectivity index (χ2v) is 6.34. The van der Waals surface area contributed by atoms with Crippen LogP contribution in [-0.4, -0.2) is 45.6 Å². The van der Waals surface area contributed by atoms with Gasteiger partial charge in [-0.25, -0.2) is 0 Å². The summed E-state index contributed by atoms with van der Waals surface area (Å²) in [6, 6.07) is 4.10. The predicted molar refractivity (Wildman–Crippen MR) is 87.1 cm³/mol. The molecular weight excluding hydrogens is 308 g/mol. The lowest BCUT2D eigenvalue weighted by Crippen LogP contribution is -2.45. The van der Waals surface area contributed by atoms with Crippen molar-refractivity contribution in [3.63, 3.8) is 0 Å².